The molecule has 0 fully saturated rings. The summed E-state index contributed by atoms with van der Waals surface area (Å²) in [6, 6.07) is 2.80. The number of aryl methyl sites for hydroxylation is 2. The maximum atomic E-state index is 5.51. The van der Waals surface area contributed by atoms with Crippen molar-refractivity contribution < 1.29 is 4.74 Å². The average molecular weight is 277 g/mol. The lowest BCUT2D eigenvalue weighted by atomic mass is 10.00. The van der Waals surface area contributed by atoms with E-state index in [4.69, 9.17) is 4.74 Å². The maximum Gasteiger partial charge on any atom is 0.0876 e. The first-order chi connectivity index (χ1) is 9.38. The molecule has 0 bridgehead atoms. The molecular weight excluding hydrogens is 254 g/mol. The SMILES string of the molecule is CNC(C1=COCCC1)c1cc2c(s1)CCCCC2. The highest BCUT2D eigenvalue weighted by Crippen LogP contribution is 2.36. The van der Waals surface area contributed by atoms with Crippen molar-refractivity contribution in [1.29, 1.82) is 0 Å². The molecule has 1 aromatic heterocycles. The number of hydrogen-bond acceptors (Lipinski definition) is 3. The predicted molar refractivity (Wildman–Crippen MR) is 80.6 cm³/mol. The van der Waals surface area contributed by atoms with Gasteiger partial charge in [-0.25, -0.2) is 0 Å². The maximum absolute atomic E-state index is 5.51. The number of fused-ring (bicyclic) bond motifs is 1. The van der Waals surface area contributed by atoms with E-state index < -0.39 is 0 Å². The molecule has 0 spiro atoms. The molecule has 1 atom stereocenters. The Balaban J connectivity index is 1.85. The summed E-state index contributed by atoms with van der Waals surface area (Å²) >= 11 is 2.02. The topological polar surface area (TPSA) is 21.3 Å². The number of nitrogens with one attached hydrogen (secondary N) is 1. The normalized spacial score (nSPS) is 21.0. The van der Waals surface area contributed by atoms with Crippen LogP contribution in [0.5, 0.6) is 0 Å². The molecule has 1 unspecified atom stereocenters. The fourth-order valence-corrected chi connectivity index (χ4v) is 4.55. The fraction of sp³-hybridized carbons (Fsp3) is 0.625. The van der Waals surface area contributed by atoms with Crippen molar-refractivity contribution in [3.8, 4) is 0 Å². The highest BCUT2D eigenvalue weighted by Gasteiger charge is 2.21. The molecule has 2 heterocycles. The second-order valence-electron chi connectivity index (χ2n) is 5.55. The number of ether oxygens (including phenoxy) is 1. The van der Waals surface area contributed by atoms with Crippen LogP contribution in [0.4, 0.5) is 0 Å². The van der Waals surface area contributed by atoms with Crippen molar-refractivity contribution in [3.63, 3.8) is 0 Å². The van der Waals surface area contributed by atoms with E-state index in [1.807, 2.05) is 17.6 Å². The largest absolute Gasteiger partial charge is 0.501 e. The monoisotopic (exact) mass is 277 g/mol. The predicted octanol–water partition coefficient (Wildman–Crippen LogP) is 3.97. The first-order valence-electron chi connectivity index (χ1n) is 7.48. The Morgan fingerprint density at radius 1 is 1.16 bits per heavy atom. The van der Waals surface area contributed by atoms with E-state index in [2.05, 4.69) is 18.4 Å². The molecule has 3 rings (SSSR count). The molecule has 3 heteroatoms. The van der Waals surface area contributed by atoms with Gasteiger partial charge in [0.15, 0.2) is 0 Å². The molecule has 1 aliphatic heterocycles. The number of rotatable bonds is 3. The van der Waals surface area contributed by atoms with Gasteiger partial charge in [-0.15, -0.1) is 11.3 Å². The van der Waals surface area contributed by atoms with E-state index in [0.29, 0.717) is 6.04 Å². The van der Waals surface area contributed by atoms with Gasteiger partial charge in [-0.3, -0.25) is 0 Å². The van der Waals surface area contributed by atoms with Crippen LogP contribution in [0.25, 0.3) is 0 Å². The Kier molecular flexibility index (Phi) is 4.24. The summed E-state index contributed by atoms with van der Waals surface area (Å²) in [5.41, 5.74) is 3.01. The van der Waals surface area contributed by atoms with E-state index in [0.717, 1.165) is 19.4 Å². The molecule has 1 aliphatic carbocycles. The fourth-order valence-electron chi connectivity index (χ4n) is 3.14. The van der Waals surface area contributed by atoms with E-state index >= 15 is 0 Å². The van der Waals surface area contributed by atoms with Crippen molar-refractivity contribution in [1.82, 2.24) is 5.32 Å². The second-order valence-corrected chi connectivity index (χ2v) is 6.71. The molecule has 1 N–H and O–H groups in total. The molecule has 0 radical (unpaired) electrons. The van der Waals surface area contributed by atoms with Crippen molar-refractivity contribution in [2.24, 2.45) is 0 Å². The first kappa shape index (κ1) is 13.2. The van der Waals surface area contributed by atoms with Crippen LogP contribution in [-0.2, 0) is 17.6 Å². The highest BCUT2D eigenvalue weighted by atomic mass is 32.1. The van der Waals surface area contributed by atoms with Gasteiger partial charge < -0.3 is 10.1 Å². The Morgan fingerprint density at radius 3 is 2.84 bits per heavy atom. The Morgan fingerprint density at radius 2 is 2.05 bits per heavy atom. The molecule has 0 saturated carbocycles. The van der Waals surface area contributed by atoms with E-state index in [1.54, 1.807) is 10.4 Å². The number of likely N-dealkylation sites (N-methyl/N-ethyl adjacent to an activating group) is 1. The molecule has 2 aliphatic rings. The molecule has 1 aromatic rings. The second kappa shape index (κ2) is 6.10. The van der Waals surface area contributed by atoms with Gasteiger partial charge in [0.25, 0.3) is 0 Å². The van der Waals surface area contributed by atoms with Gasteiger partial charge >= 0.3 is 0 Å². The third-order valence-electron chi connectivity index (χ3n) is 4.17. The average Bonchev–Trinajstić information content (AvgIpc) is 2.71. The number of thiophene rings is 1. The van der Waals surface area contributed by atoms with Crippen LogP contribution in [0.15, 0.2) is 17.9 Å². The summed E-state index contributed by atoms with van der Waals surface area (Å²) in [6.45, 7) is 0.876. The zero-order chi connectivity index (χ0) is 13.1. The summed E-state index contributed by atoms with van der Waals surface area (Å²) in [4.78, 5) is 3.11. The Labute approximate surface area is 119 Å². The van der Waals surface area contributed by atoms with Crippen molar-refractivity contribution >= 4 is 11.3 Å². The van der Waals surface area contributed by atoms with Crippen LogP contribution in [0.1, 0.15) is 53.5 Å². The quantitative estimate of drug-likeness (QED) is 0.844. The minimum atomic E-state index is 0.359. The zero-order valence-electron chi connectivity index (χ0n) is 11.7. The van der Waals surface area contributed by atoms with E-state index in [9.17, 15) is 0 Å². The summed E-state index contributed by atoms with van der Waals surface area (Å²) in [5.74, 6) is 0. The van der Waals surface area contributed by atoms with E-state index in [1.165, 1.54) is 42.6 Å². The minimum absolute atomic E-state index is 0.359. The van der Waals surface area contributed by atoms with Gasteiger partial charge in [-0.2, -0.15) is 0 Å². The van der Waals surface area contributed by atoms with Crippen LogP contribution < -0.4 is 5.32 Å². The molecule has 19 heavy (non-hydrogen) atoms. The molecule has 104 valence electrons. The van der Waals surface area contributed by atoms with Crippen LogP contribution in [0.3, 0.4) is 0 Å². The van der Waals surface area contributed by atoms with Gasteiger partial charge in [-0.1, -0.05) is 6.42 Å². The summed E-state index contributed by atoms with van der Waals surface area (Å²) in [5, 5.41) is 3.47. The summed E-state index contributed by atoms with van der Waals surface area (Å²) in [7, 11) is 2.06. The van der Waals surface area contributed by atoms with Crippen LogP contribution in [-0.4, -0.2) is 13.7 Å². The third-order valence-corrected chi connectivity index (χ3v) is 5.47. The molecule has 2 nitrogen and oxygen atoms in total. The van der Waals surface area contributed by atoms with Crippen LogP contribution in [0, 0.1) is 0 Å². The van der Waals surface area contributed by atoms with Gasteiger partial charge in [-0.05, 0) is 62.8 Å². The van der Waals surface area contributed by atoms with Crippen LogP contribution in [0.2, 0.25) is 0 Å². The summed E-state index contributed by atoms with van der Waals surface area (Å²) < 4.78 is 5.51. The standard InChI is InChI=1S/C16H23NOS/c1-17-16(13-7-5-9-18-11-13)15-10-12-6-3-2-4-8-14(12)19-15/h10-11,16-17H,2-9H2,1H3. The molecule has 0 amide bonds. The summed E-state index contributed by atoms with van der Waals surface area (Å²) in [6.07, 6.45) is 11.0. The first-order valence-corrected chi connectivity index (χ1v) is 8.29. The van der Waals surface area contributed by atoms with Gasteiger partial charge in [0.05, 0.1) is 18.9 Å². The minimum Gasteiger partial charge on any atom is -0.501 e. The molecular formula is C16H23NOS. The zero-order valence-corrected chi connectivity index (χ0v) is 12.5. The number of hydrogen-bond donors (Lipinski definition) is 1. The van der Waals surface area contributed by atoms with Crippen molar-refractivity contribution in [3.05, 3.63) is 33.2 Å². The van der Waals surface area contributed by atoms with Crippen molar-refractivity contribution in [2.45, 2.75) is 51.0 Å². The van der Waals surface area contributed by atoms with Gasteiger partial charge in [0.2, 0.25) is 0 Å². The van der Waals surface area contributed by atoms with E-state index in [-0.39, 0.29) is 0 Å². The van der Waals surface area contributed by atoms with Crippen LogP contribution >= 0.6 is 11.3 Å². The lowest BCUT2D eigenvalue weighted by molar-refractivity contribution is 0.220. The molecule has 0 saturated heterocycles. The highest BCUT2D eigenvalue weighted by molar-refractivity contribution is 7.12. The van der Waals surface area contributed by atoms with Gasteiger partial charge in [0, 0.05) is 9.75 Å². The molecule has 0 aromatic carbocycles. The smallest absolute Gasteiger partial charge is 0.0876 e. The lowest BCUT2D eigenvalue weighted by Gasteiger charge is -2.21. The van der Waals surface area contributed by atoms with Crippen molar-refractivity contribution in [2.75, 3.05) is 13.7 Å². The lowest BCUT2D eigenvalue weighted by Crippen LogP contribution is -2.19. The van der Waals surface area contributed by atoms with Gasteiger partial charge in [0.1, 0.15) is 0 Å². The Bertz CT molecular complexity index is 440. The Hall–Kier alpha value is -0.800. The third kappa shape index (κ3) is 2.87.